The van der Waals surface area contributed by atoms with Crippen molar-refractivity contribution in [3.8, 4) is 5.75 Å². The minimum atomic E-state index is -0.878. The SMILES string of the molecule is C[C@H](Nc1ccc(OCc2ccccc2Cl)cc1)C(=O)NC(N)=O. The molecule has 4 N–H and O–H groups in total. The Hall–Kier alpha value is -2.73. The number of urea groups is 1. The van der Waals surface area contributed by atoms with Crippen molar-refractivity contribution in [2.45, 2.75) is 19.6 Å². The standard InChI is InChI=1S/C17H18ClN3O3/c1-11(16(22)21-17(19)23)20-13-6-8-14(9-7-13)24-10-12-4-2-3-5-15(12)18/h2-9,11,20H,10H2,1H3,(H3,19,21,22,23)/t11-/m0/s1. The van der Waals surface area contributed by atoms with Crippen molar-refractivity contribution in [1.82, 2.24) is 5.32 Å². The van der Waals surface area contributed by atoms with E-state index in [1.807, 2.05) is 29.6 Å². The number of imide groups is 1. The Morgan fingerprint density at radius 3 is 2.46 bits per heavy atom. The third-order valence-corrected chi connectivity index (χ3v) is 3.60. The molecule has 7 heteroatoms. The van der Waals surface area contributed by atoms with E-state index in [0.29, 0.717) is 23.1 Å². The number of hydrogen-bond acceptors (Lipinski definition) is 4. The van der Waals surface area contributed by atoms with Crippen LogP contribution in [0.1, 0.15) is 12.5 Å². The van der Waals surface area contributed by atoms with E-state index in [2.05, 4.69) is 5.32 Å². The maximum absolute atomic E-state index is 11.6. The van der Waals surface area contributed by atoms with Crippen molar-refractivity contribution >= 4 is 29.2 Å². The summed E-state index contributed by atoms with van der Waals surface area (Å²) in [5.41, 5.74) is 6.53. The second-order valence-corrected chi connectivity index (χ2v) is 5.53. The summed E-state index contributed by atoms with van der Waals surface area (Å²) in [6.07, 6.45) is 0. The van der Waals surface area contributed by atoms with Crippen LogP contribution in [-0.2, 0) is 11.4 Å². The van der Waals surface area contributed by atoms with Gasteiger partial charge in [0.15, 0.2) is 0 Å². The molecule has 0 aromatic heterocycles. The van der Waals surface area contributed by atoms with Gasteiger partial charge in [0.2, 0.25) is 5.91 Å². The molecule has 3 amide bonds. The summed E-state index contributed by atoms with van der Waals surface area (Å²) in [5, 5.41) is 5.64. The third-order valence-electron chi connectivity index (χ3n) is 3.23. The van der Waals surface area contributed by atoms with E-state index >= 15 is 0 Å². The predicted molar refractivity (Wildman–Crippen MR) is 93.0 cm³/mol. The van der Waals surface area contributed by atoms with Crippen LogP contribution in [0.2, 0.25) is 5.02 Å². The van der Waals surface area contributed by atoms with Gasteiger partial charge in [-0.1, -0.05) is 29.8 Å². The minimum Gasteiger partial charge on any atom is -0.489 e. The average molecular weight is 348 g/mol. The Labute approximate surface area is 144 Å². The van der Waals surface area contributed by atoms with Crippen molar-refractivity contribution in [1.29, 1.82) is 0 Å². The smallest absolute Gasteiger partial charge is 0.318 e. The van der Waals surface area contributed by atoms with Crippen LogP contribution in [0.3, 0.4) is 0 Å². The lowest BCUT2D eigenvalue weighted by atomic mass is 10.2. The van der Waals surface area contributed by atoms with Crippen molar-refractivity contribution < 1.29 is 14.3 Å². The average Bonchev–Trinajstić information content (AvgIpc) is 2.55. The molecular formula is C17H18ClN3O3. The van der Waals surface area contributed by atoms with E-state index in [4.69, 9.17) is 22.1 Å². The first kappa shape index (κ1) is 17.6. The van der Waals surface area contributed by atoms with E-state index in [1.165, 1.54) is 0 Å². The number of primary amides is 1. The van der Waals surface area contributed by atoms with Crippen LogP contribution >= 0.6 is 11.6 Å². The van der Waals surface area contributed by atoms with Gasteiger partial charge >= 0.3 is 6.03 Å². The molecule has 0 aliphatic carbocycles. The fourth-order valence-electron chi connectivity index (χ4n) is 1.97. The molecule has 126 valence electrons. The Balaban J connectivity index is 1.90. The Morgan fingerprint density at radius 2 is 1.83 bits per heavy atom. The maximum Gasteiger partial charge on any atom is 0.318 e. The highest BCUT2D eigenvalue weighted by Gasteiger charge is 2.13. The molecule has 2 rings (SSSR count). The summed E-state index contributed by atoms with van der Waals surface area (Å²) >= 11 is 6.08. The molecule has 0 saturated carbocycles. The zero-order valence-corrected chi connectivity index (χ0v) is 13.8. The summed E-state index contributed by atoms with van der Waals surface area (Å²) in [6, 6.07) is 13.1. The van der Waals surface area contributed by atoms with E-state index < -0.39 is 18.0 Å². The summed E-state index contributed by atoms with van der Waals surface area (Å²) in [7, 11) is 0. The first-order valence-electron chi connectivity index (χ1n) is 7.29. The Kier molecular flexibility index (Phi) is 6.03. The number of anilines is 1. The molecule has 24 heavy (non-hydrogen) atoms. The van der Waals surface area contributed by atoms with Crippen LogP contribution < -0.4 is 21.1 Å². The minimum absolute atomic E-state index is 0.365. The van der Waals surface area contributed by atoms with Crippen molar-refractivity contribution in [2.75, 3.05) is 5.32 Å². The van der Waals surface area contributed by atoms with E-state index in [0.717, 1.165) is 5.56 Å². The molecule has 0 heterocycles. The molecule has 0 spiro atoms. The van der Waals surface area contributed by atoms with Gasteiger partial charge in [-0.2, -0.15) is 0 Å². The summed E-state index contributed by atoms with van der Waals surface area (Å²) in [5.74, 6) is 0.177. The number of amides is 3. The van der Waals surface area contributed by atoms with E-state index in [1.54, 1.807) is 31.2 Å². The number of benzene rings is 2. The number of nitrogens with two attached hydrogens (primary N) is 1. The largest absolute Gasteiger partial charge is 0.489 e. The second-order valence-electron chi connectivity index (χ2n) is 5.12. The molecule has 0 aliphatic heterocycles. The molecule has 6 nitrogen and oxygen atoms in total. The number of halogens is 1. The van der Waals surface area contributed by atoms with Crippen molar-refractivity contribution in [3.63, 3.8) is 0 Å². The van der Waals surface area contributed by atoms with Crippen LogP contribution in [-0.4, -0.2) is 18.0 Å². The summed E-state index contributed by atoms with van der Waals surface area (Å²) < 4.78 is 5.68. The van der Waals surface area contributed by atoms with Crippen molar-refractivity contribution in [2.24, 2.45) is 5.73 Å². The number of carbonyl (C=O) groups excluding carboxylic acids is 2. The van der Waals surface area contributed by atoms with Crippen molar-refractivity contribution in [3.05, 3.63) is 59.1 Å². The van der Waals surface area contributed by atoms with Gasteiger partial charge in [-0.05, 0) is 37.3 Å². The number of hydrogen-bond donors (Lipinski definition) is 3. The first-order valence-corrected chi connectivity index (χ1v) is 7.66. The monoisotopic (exact) mass is 347 g/mol. The van der Waals surface area contributed by atoms with Gasteiger partial charge in [-0.3, -0.25) is 10.1 Å². The van der Waals surface area contributed by atoms with E-state index in [9.17, 15) is 9.59 Å². The van der Waals surface area contributed by atoms with Crippen LogP contribution in [0.5, 0.6) is 5.75 Å². The number of rotatable bonds is 6. The lowest BCUT2D eigenvalue weighted by molar-refractivity contribution is -0.120. The van der Waals surface area contributed by atoms with Crippen LogP contribution in [0, 0.1) is 0 Å². The maximum atomic E-state index is 11.6. The summed E-state index contributed by atoms with van der Waals surface area (Å²) in [4.78, 5) is 22.3. The molecule has 0 unspecified atom stereocenters. The van der Waals surface area contributed by atoms with Gasteiger partial charge in [-0.15, -0.1) is 0 Å². The van der Waals surface area contributed by atoms with E-state index in [-0.39, 0.29) is 0 Å². The third kappa shape index (κ3) is 5.17. The second kappa shape index (κ2) is 8.21. The highest BCUT2D eigenvalue weighted by Crippen LogP contribution is 2.20. The number of carbonyl (C=O) groups is 2. The lowest BCUT2D eigenvalue weighted by Gasteiger charge is -2.14. The zero-order valence-electron chi connectivity index (χ0n) is 13.1. The fraction of sp³-hybridized carbons (Fsp3) is 0.176. The molecule has 0 radical (unpaired) electrons. The van der Waals surface area contributed by atoms with Gasteiger partial charge in [0.25, 0.3) is 0 Å². The zero-order chi connectivity index (χ0) is 17.5. The molecule has 0 bridgehead atoms. The van der Waals surface area contributed by atoms with Gasteiger partial charge in [0.1, 0.15) is 18.4 Å². The van der Waals surface area contributed by atoms with Gasteiger partial charge < -0.3 is 15.8 Å². The molecule has 2 aromatic rings. The summed E-state index contributed by atoms with van der Waals surface area (Å²) in [6.45, 7) is 1.99. The highest BCUT2D eigenvalue weighted by atomic mass is 35.5. The quantitative estimate of drug-likeness (QED) is 0.749. The predicted octanol–water partition coefficient (Wildman–Crippen LogP) is 2.91. The molecule has 0 saturated heterocycles. The fourth-order valence-corrected chi connectivity index (χ4v) is 2.16. The Bertz CT molecular complexity index is 719. The van der Waals surface area contributed by atoms with Gasteiger partial charge in [0, 0.05) is 16.3 Å². The number of nitrogens with one attached hydrogen (secondary N) is 2. The first-order chi connectivity index (χ1) is 11.5. The highest BCUT2D eigenvalue weighted by molar-refractivity contribution is 6.31. The molecule has 1 atom stereocenters. The van der Waals surface area contributed by atoms with Crippen LogP contribution in [0.4, 0.5) is 10.5 Å². The molecule has 2 aromatic carbocycles. The molecule has 0 fully saturated rings. The van der Waals surface area contributed by atoms with Crippen LogP contribution in [0.15, 0.2) is 48.5 Å². The lowest BCUT2D eigenvalue weighted by Crippen LogP contribution is -2.43. The van der Waals surface area contributed by atoms with Gasteiger partial charge in [-0.25, -0.2) is 4.79 Å². The van der Waals surface area contributed by atoms with Gasteiger partial charge in [0.05, 0.1) is 0 Å². The normalized spacial score (nSPS) is 11.4. The topological polar surface area (TPSA) is 93.4 Å². The Morgan fingerprint density at radius 1 is 1.17 bits per heavy atom. The number of ether oxygens (including phenoxy) is 1. The molecule has 0 aliphatic rings. The molecular weight excluding hydrogens is 330 g/mol. The van der Waals surface area contributed by atoms with Crippen LogP contribution in [0.25, 0.3) is 0 Å².